The molecule has 1 aromatic heterocycles. The summed E-state index contributed by atoms with van der Waals surface area (Å²) in [6.07, 6.45) is 0. The van der Waals surface area contributed by atoms with Crippen LogP contribution in [-0.2, 0) is 4.74 Å². The molecule has 0 bridgehead atoms. The molecule has 0 aliphatic rings. The average molecular weight is 255 g/mol. The van der Waals surface area contributed by atoms with Crippen LogP contribution in [0.15, 0.2) is 4.73 Å². The van der Waals surface area contributed by atoms with E-state index in [1.54, 1.807) is 7.11 Å². The third-order valence-corrected chi connectivity index (χ3v) is 2.14. The zero-order chi connectivity index (χ0) is 10.6. The van der Waals surface area contributed by atoms with Crippen molar-refractivity contribution in [3.05, 3.63) is 21.7 Å². The molecule has 0 N–H and O–H groups in total. The molecule has 0 aromatic carbocycles. The molecule has 0 saturated carbocycles. The minimum atomic E-state index is 0.417. The molecular formula is C10H11BrN2O. The molecule has 3 nitrogen and oxygen atoms in total. The molecular weight excluding hydrogens is 244 g/mol. The number of rotatable bonds is 1. The Kier molecular flexibility index (Phi) is 4.05. The quantitative estimate of drug-likeness (QED) is 0.567. The molecule has 0 fully saturated rings. The minimum Gasteiger partial charge on any atom is -0.372 e. The molecule has 1 aromatic rings. The Morgan fingerprint density at radius 1 is 1.36 bits per heavy atom. The monoisotopic (exact) mass is 254 g/mol. The topological polar surface area (TPSA) is 35.0 Å². The van der Waals surface area contributed by atoms with E-state index in [-0.39, 0.29) is 0 Å². The third-order valence-electron chi connectivity index (χ3n) is 1.79. The molecule has 4 heteroatoms. The lowest BCUT2D eigenvalue weighted by Gasteiger charge is -2.01. The zero-order valence-electron chi connectivity index (χ0n) is 8.39. The molecule has 14 heavy (non-hydrogen) atoms. The van der Waals surface area contributed by atoms with Crippen molar-refractivity contribution in [2.75, 3.05) is 13.7 Å². The van der Waals surface area contributed by atoms with Gasteiger partial charge in [-0.2, -0.15) is 0 Å². The van der Waals surface area contributed by atoms with Gasteiger partial charge in [0.1, 0.15) is 12.3 Å². The van der Waals surface area contributed by atoms with Crippen LogP contribution in [-0.4, -0.2) is 23.7 Å². The predicted octanol–water partition coefficient (Wildman–Crippen LogP) is 1.85. The first-order valence-corrected chi connectivity index (χ1v) is 4.93. The molecule has 0 atom stereocenters. The van der Waals surface area contributed by atoms with Crippen LogP contribution in [0, 0.1) is 25.7 Å². The maximum Gasteiger partial charge on any atom is 0.197 e. The first-order valence-electron chi connectivity index (χ1n) is 4.13. The zero-order valence-corrected chi connectivity index (χ0v) is 9.97. The second-order valence-corrected chi connectivity index (χ2v) is 3.50. The van der Waals surface area contributed by atoms with Crippen molar-refractivity contribution in [3.8, 4) is 11.8 Å². The predicted molar refractivity (Wildman–Crippen MR) is 58.0 cm³/mol. The van der Waals surface area contributed by atoms with Crippen LogP contribution >= 0.6 is 15.9 Å². The fraction of sp³-hybridized carbons (Fsp3) is 0.400. The van der Waals surface area contributed by atoms with Gasteiger partial charge in [0, 0.05) is 18.4 Å². The normalized spacial score (nSPS) is 9.43. The van der Waals surface area contributed by atoms with Crippen molar-refractivity contribution in [1.82, 2.24) is 9.97 Å². The fourth-order valence-corrected chi connectivity index (χ4v) is 1.35. The van der Waals surface area contributed by atoms with E-state index in [1.807, 2.05) is 13.8 Å². The van der Waals surface area contributed by atoms with Gasteiger partial charge in [0.05, 0.1) is 0 Å². The van der Waals surface area contributed by atoms with E-state index < -0.39 is 0 Å². The summed E-state index contributed by atoms with van der Waals surface area (Å²) >= 11 is 3.23. The van der Waals surface area contributed by atoms with Crippen LogP contribution in [0.25, 0.3) is 0 Å². The van der Waals surface area contributed by atoms with Gasteiger partial charge in [-0.25, -0.2) is 9.97 Å². The Balaban J connectivity index is 3.04. The molecule has 0 spiro atoms. The lowest BCUT2D eigenvalue weighted by molar-refractivity contribution is 0.240. The number of methoxy groups -OCH3 is 1. The number of ether oxygens (including phenoxy) is 1. The van der Waals surface area contributed by atoms with Crippen LogP contribution in [0.1, 0.15) is 17.0 Å². The van der Waals surface area contributed by atoms with E-state index in [0.29, 0.717) is 11.3 Å². The Bertz CT molecular complexity index is 393. The molecule has 0 aliphatic carbocycles. The van der Waals surface area contributed by atoms with Crippen molar-refractivity contribution < 1.29 is 4.74 Å². The number of nitrogens with zero attached hydrogens (tertiary/aromatic N) is 2. The van der Waals surface area contributed by atoms with Crippen molar-refractivity contribution in [2.24, 2.45) is 0 Å². The van der Waals surface area contributed by atoms with Gasteiger partial charge in [-0.3, -0.25) is 0 Å². The van der Waals surface area contributed by atoms with Crippen molar-refractivity contribution in [3.63, 3.8) is 0 Å². The van der Waals surface area contributed by atoms with Gasteiger partial charge in [-0.05, 0) is 35.7 Å². The molecule has 74 valence electrons. The first kappa shape index (κ1) is 11.2. The fourth-order valence-electron chi connectivity index (χ4n) is 0.908. The largest absolute Gasteiger partial charge is 0.372 e. The van der Waals surface area contributed by atoms with Gasteiger partial charge in [-0.15, -0.1) is 0 Å². The summed E-state index contributed by atoms with van der Waals surface area (Å²) < 4.78 is 5.41. The van der Waals surface area contributed by atoms with E-state index in [1.165, 1.54) is 0 Å². The van der Waals surface area contributed by atoms with Crippen molar-refractivity contribution in [2.45, 2.75) is 13.8 Å². The SMILES string of the molecule is COCC#Cc1nc(Br)nc(C)c1C. The second kappa shape index (κ2) is 5.08. The highest BCUT2D eigenvalue weighted by molar-refractivity contribution is 9.10. The molecule has 0 aliphatic heterocycles. The van der Waals surface area contributed by atoms with E-state index in [2.05, 4.69) is 37.7 Å². The molecule has 0 amide bonds. The van der Waals surface area contributed by atoms with Crippen LogP contribution < -0.4 is 0 Å². The van der Waals surface area contributed by atoms with E-state index in [9.17, 15) is 0 Å². The van der Waals surface area contributed by atoms with E-state index in [0.717, 1.165) is 17.0 Å². The maximum atomic E-state index is 4.84. The summed E-state index contributed by atoms with van der Waals surface area (Å²) in [5.41, 5.74) is 2.70. The molecule has 0 unspecified atom stereocenters. The van der Waals surface area contributed by atoms with Crippen molar-refractivity contribution in [1.29, 1.82) is 0 Å². The lowest BCUT2D eigenvalue weighted by Crippen LogP contribution is -1.97. The Labute approximate surface area is 92.0 Å². The number of halogens is 1. The summed E-state index contributed by atoms with van der Waals surface area (Å²) in [6, 6.07) is 0. The highest BCUT2D eigenvalue weighted by Gasteiger charge is 2.03. The summed E-state index contributed by atoms with van der Waals surface area (Å²) in [7, 11) is 1.61. The maximum absolute atomic E-state index is 4.84. The van der Waals surface area contributed by atoms with Gasteiger partial charge in [0.2, 0.25) is 0 Å². The highest BCUT2D eigenvalue weighted by Crippen LogP contribution is 2.11. The Morgan fingerprint density at radius 2 is 2.07 bits per heavy atom. The second-order valence-electron chi connectivity index (χ2n) is 2.79. The average Bonchev–Trinajstić information content (AvgIpc) is 2.13. The molecule has 1 heterocycles. The van der Waals surface area contributed by atoms with Crippen LogP contribution in [0.5, 0.6) is 0 Å². The van der Waals surface area contributed by atoms with E-state index in [4.69, 9.17) is 4.74 Å². The smallest absolute Gasteiger partial charge is 0.197 e. The number of hydrogen-bond acceptors (Lipinski definition) is 3. The number of hydrogen-bond donors (Lipinski definition) is 0. The third kappa shape index (κ3) is 2.79. The lowest BCUT2D eigenvalue weighted by atomic mass is 10.2. The summed E-state index contributed by atoms with van der Waals surface area (Å²) in [5, 5.41) is 0. The number of aryl methyl sites for hydroxylation is 1. The Morgan fingerprint density at radius 3 is 2.71 bits per heavy atom. The van der Waals surface area contributed by atoms with Gasteiger partial charge < -0.3 is 4.74 Å². The minimum absolute atomic E-state index is 0.417. The van der Waals surface area contributed by atoms with Gasteiger partial charge in [0.25, 0.3) is 0 Å². The van der Waals surface area contributed by atoms with Crippen LogP contribution in [0.2, 0.25) is 0 Å². The standard InChI is InChI=1S/C10H11BrN2O/c1-7-8(2)12-10(11)13-9(7)5-4-6-14-3/h6H2,1-3H3. The summed E-state index contributed by atoms with van der Waals surface area (Å²) in [6.45, 7) is 4.31. The van der Waals surface area contributed by atoms with E-state index >= 15 is 0 Å². The summed E-state index contributed by atoms with van der Waals surface area (Å²) in [4.78, 5) is 8.35. The van der Waals surface area contributed by atoms with Crippen LogP contribution in [0.4, 0.5) is 0 Å². The molecule has 0 radical (unpaired) electrons. The van der Waals surface area contributed by atoms with Crippen molar-refractivity contribution >= 4 is 15.9 Å². The molecule has 0 saturated heterocycles. The Hall–Kier alpha value is -0.920. The van der Waals surface area contributed by atoms with Gasteiger partial charge in [-0.1, -0.05) is 5.92 Å². The molecule has 1 rings (SSSR count). The number of aromatic nitrogens is 2. The van der Waals surface area contributed by atoms with Crippen LogP contribution in [0.3, 0.4) is 0 Å². The van der Waals surface area contributed by atoms with Gasteiger partial charge in [0.15, 0.2) is 4.73 Å². The summed E-state index contributed by atoms with van der Waals surface area (Å²) in [5.74, 6) is 5.80. The van der Waals surface area contributed by atoms with Gasteiger partial charge >= 0.3 is 0 Å². The first-order chi connectivity index (χ1) is 6.65. The highest BCUT2D eigenvalue weighted by atomic mass is 79.9.